The molecule has 16 heteroatoms. The molecule has 6 N–H and O–H groups in total. The third-order valence-corrected chi connectivity index (χ3v) is 6.66. The molecule has 3 aromatic rings. The highest BCUT2D eigenvalue weighted by Crippen LogP contribution is 2.40. The fourth-order valence-corrected chi connectivity index (χ4v) is 4.62. The van der Waals surface area contributed by atoms with Gasteiger partial charge in [-0.1, -0.05) is 0 Å². The quantitative estimate of drug-likeness (QED) is 0.216. The number of carbonyl (C=O) groups excluding carboxylic acids is 3. The molecule has 2 aromatic carbocycles. The maximum absolute atomic E-state index is 13.8. The second-order valence-corrected chi connectivity index (χ2v) is 9.43. The van der Waals surface area contributed by atoms with E-state index in [4.69, 9.17) is 20.9 Å². The summed E-state index contributed by atoms with van der Waals surface area (Å²) in [6.45, 7) is -0.115. The van der Waals surface area contributed by atoms with Crippen molar-refractivity contribution in [3.8, 4) is 5.75 Å². The Morgan fingerprint density at radius 2 is 1.90 bits per heavy atom. The number of aromatic nitrogens is 2. The van der Waals surface area contributed by atoms with Crippen LogP contribution in [0.4, 0.5) is 23.2 Å². The molecular formula is C26H27F4N7O5. The molecule has 2 heterocycles. The number of nitrogens with zero attached hydrogens (tertiary/aromatic N) is 3. The van der Waals surface area contributed by atoms with E-state index in [1.165, 1.54) is 31.5 Å². The summed E-state index contributed by atoms with van der Waals surface area (Å²) in [5, 5.41) is 10.3. The lowest BCUT2D eigenvalue weighted by Gasteiger charge is -2.27. The number of halogens is 4. The van der Waals surface area contributed by atoms with Crippen molar-refractivity contribution < 1.29 is 41.4 Å². The average molecular weight is 594 g/mol. The van der Waals surface area contributed by atoms with Crippen LogP contribution < -0.4 is 26.8 Å². The first-order valence-electron chi connectivity index (χ1n) is 12.4. The first-order chi connectivity index (χ1) is 19.8. The number of anilines is 1. The lowest BCUT2D eigenvalue weighted by molar-refractivity contribution is -0.141. The van der Waals surface area contributed by atoms with Crippen molar-refractivity contribution in [3.63, 3.8) is 0 Å². The van der Waals surface area contributed by atoms with Crippen LogP contribution in [0.1, 0.15) is 39.9 Å². The largest absolute Gasteiger partial charge is 0.497 e. The number of primary amides is 2. The average Bonchev–Trinajstić information content (AvgIpc) is 3.36. The summed E-state index contributed by atoms with van der Waals surface area (Å²) in [7, 11) is 2.25. The number of hydrogen-bond acceptors (Lipinski definition) is 9. The number of fused-ring (bicyclic) bond motifs is 1. The van der Waals surface area contributed by atoms with Gasteiger partial charge in [0.05, 0.1) is 56.7 Å². The molecule has 3 atom stereocenters. The van der Waals surface area contributed by atoms with Crippen LogP contribution in [-0.4, -0.2) is 67.0 Å². The topological polar surface area (TPSA) is 176 Å². The fourth-order valence-electron chi connectivity index (χ4n) is 4.62. The summed E-state index contributed by atoms with van der Waals surface area (Å²) in [5.41, 5.74) is 10.5. The molecule has 2 amide bonds. The van der Waals surface area contributed by atoms with Crippen molar-refractivity contribution in [2.45, 2.75) is 30.7 Å². The van der Waals surface area contributed by atoms with Crippen LogP contribution in [0, 0.1) is 0 Å². The van der Waals surface area contributed by atoms with E-state index in [0.717, 1.165) is 23.9 Å². The van der Waals surface area contributed by atoms with Crippen LogP contribution in [0.15, 0.2) is 41.5 Å². The van der Waals surface area contributed by atoms with E-state index in [0.29, 0.717) is 5.39 Å². The molecule has 0 bridgehead atoms. The lowest BCUT2D eigenvalue weighted by atomic mass is 9.86. The zero-order chi connectivity index (χ0) is 30.8. The van der Waals surface area contributed by atoms with Crippen LogP contribution in [0.25, 0.3) is 10.9 Å². The zero-order valence-electron chi connectivity index (χ0n) is 22.4. The predicted molar refractivity (Wildman–Crippen MR) is 143 cm³/mol. The standard InChI is InChI=1S/C26H27F4N7O5/c1-41-16-4-12(3-14(7-16)26(28,29)30)17(8-21(38)42-2)22(24(32)40)37-20-6-13(23(31)39)5-19(18(20)11-35-37)36-25-33-9-15(27)10-34-25/h3-7,11,15,17,22H,8-10H2,1-2H3,(H2,31,39)(H2,32,40)(H2,33,34,36)/t17-,22?/m0/s1. The van der Waals surface area contributed by atoms with Crippen molar-refractivity contribution in [3.05, 3.63) is 53.2 Å². The Bertz CT molecular complexity index is 1560. The highest BCUT2D eigenvalue weighted by Gasteiger charge is 2.37. The Hall–Kier alpha value is -4.89. The normalized spacial score (nSPS) is 16.6. The number of nitrogens with two attached hydrogens (primary N) is 2. The molecule has 42 heavy (non-hydrogen) atoms. The van der Waals surface area contributed by atoms with Crippen molar-refractivity contribution >= 4 is 40.3 Å². The molecule has 224 valence electrons. The highest BCUT2D eigenvalue weighted by atomic mass is 19.4. The van der Waals surface area contributed by atoms with Crippen molar-refractivity contribution in [1.82, 2.24) is 15.1 Å². The maximum atomic E-state index is 13.8. The molecule has 1 aliphatic heterocycles. The third kappa shape index (κ3) is 6.37. The van der Waals surface area contributed by atoms with Gasteiger partial charge in [0.25, 0.3) is 0 Å². The number of amides is 2. The molecule has 0 spiro atoms. The van der Waals surface area contributed by atoms with E-state index in [1.807, 2.05) is 0 Å². The minimum atomic E-state index is -4.78. The van der Waals surface area contributed by atoms with Gasteiger partial charge in [-0.2, -0.15) is 18.3 Å². The molecule has 0 radical (unpaired) electrons. The summed E-state index contributed by atoms with van der Waals surface area (Å²) in [6.07, 6.45) is -5.22. The van der Waals surface area contributed by atoms with Gasteiger partial charge in [0.15, 0.2) is 5.96 Å². The van der Waals surface area contributed by atoms with Crippen molar-refractivity contribution in [2.75, 3.05) is 32.6 Å². The van der Waals surface area contributed by atoms with Crippen LogP contribution >= 0.6 is 0 Å². The smallest absolute Gasteiger partial charge is 0.416 e. The zero-order valence-corrected chi connectivity index (χ0v) is 22.4. The van der Waals surface area contributed by atoms with E-state index >= 15 is 0 Å². The van der Waals surface area contributed by atoms with E-state index in [1.54, 1.807) is 0 Å². The third-order valence-electron chi connectivity index (χ3n) is 6.66. The molecule has 12 nitrogen and oxygen atoms in total. The second kappa shape index (κ2) is 11.9. The molecule has 0 saturated carbocycles. The minimum absolute atomic E-state index is 0.0108. The number of esters is 1. The Kier molecular flexibility index (Phi) is 8.54. The van der Waals surface area contributed by atoms with E-state index in [9.17, 15) is 31.9 Å². The number of nitrogens with one attached hydrogen (secondary N) is 2. The minimum Gasteiger partial charge on any atom is -0.497 e. The van der Waals surface area contributed by atoms with Gasteiger partial charge in [-0.3, -0.25) is 19.1 Å². The first kappa shape index (κ1) is 30.1. The molecule has 1 aliphatic rings. The van der Waals surface area contributed by atoms with Crippen LogP contribution in [0.5, 0.6) is 5.75 Å². The van der Waals surface area contributed by atoms with Gasteiger partial charge in [0.1, 0.15) is 18.0 Å². The summed E-state index contributed by atoms with van der Waals surface area (Å²) >= 11 is 0. The lowest BCUT2D eigenvalue weighted by Crippen LogP contribution is -2.41. The molecule has 0 fully saturated rings. The molecular weight excluding hydrogens is 566 g/mol. The van der Waals surface area contributed by atoms with E-state index in [2.05, 4.69) is 20.7 Å². The Morgan fingerprint density at radius 3 is 2.48 bits per heavy atom. The van der Waals surface area contributed by atoms with Gasteiger partial charge < -0.3 is 31.6 Å². The number of benzene rings is 2. The molecule has 4 rings (SSSR count). The molecule has 0 saturated heterocycles. The predicted octanol–water partition coefficient (Wildman–Crippen LogP) is 2.25. The molecule has 2 unspecified atom stereocenters. The molecule has 0 aliphatic carbocycles. The van der Waals surface area contributed by atoms with E-state index in [-0.39, 0.29) is 47.1 Å². The van der Waals surface area contributed by atoms with Crippen molar-refractivity contribution in [2.24, 2.45) is 16.5 Å². The SMILES string of the molecule is COC(=O)C[C@@H](c1cc(OC)cc(C(F)(F)F)c1)C(C(N)=O)n1ncc2c(NC3=NCC(F)CN3)cc(C(N)=O)cc21. The van der Waals surface area contributed by atoms with E-state index < -0.39 is 54.1 Å². The number of hydrogen-bond donors (Lipinski definition) is 4. The van der Waals surface area contributed by atoms with Gasteiger partial charge in [0.2, 0.25) is 11.8 Å². The van der Waals surface area contributed by atoms with Gasteiger partial charge >= 0.3 is 12.1 Å². The number of alkyl halides is 4. The summed E-state index contributed by atoms with van der Waals surface area (Å²) in [4.78, 5) is 41.7. The first-order valence-corrected chi connectivity index (χ1v) is 12.4. The number of carbonyl (C=O) groups is 3. The van der Waals surface area contributed by atoms with Crippen molar-refractivity contribution in [1.29, 1.82) is 0 Å². The monoisotopic (exact) mass is 593 g/mol. The molecule has 1 aromatic heterocycles. The fraction of sp³-hybridized carbons (Fsp3) is 0.346. The van der Waals surface area contributed by atoms with Gasteiger partial charge in [0, 0.05) is 16.9 Å². The van der Waals surface area contributed by atoms with Crippen LogP contribution in [-0.2, 0) is 20.5 Å². The Balaban J connectivity index is 1.91. The number of rotatable bonds is 9. The summed E-state index contributed by atoms with van der Waals surface area (Å²) in [6, 6.07) is 3.96. The number of aliphatic imine (C=N–C) groups is 1. The number of guanidine groups is 1. The summed E-state index contributed by atoms with van der Waals surface area (Å²) < 4.78 is 65.7. The highest BCUT2D eigenvalue weighted by molar-refractivity contribution is 6.07. The number of ether oxygens (including phenoxy) is 2. The number of methoxy groups -OCH3 is 2. The van der Waals surface area contributed by atoms with Crippen LogP contribution in [0.2, 0.25) is 0 Å². The van der Waals surface area contributed by atoms with Crippen LogP contribution in [0.3, 0.4) is 0 Å². The Labute approximate surface area is 236 Å². The Morgan fingerprint density at radius 1 is 1.17 bits per heavy atom. The van der Waals surface area contributed by atoms with Gasteiger partial charge in [-0.25, -0.2) is 9.38 Å². The van der Waals surface area contributed by atoms with Gasteiger partial charge in [-0.05, 0) is 35.9 Å². The van der Waals surface area contributed by atoms with Gasteiger partial charge in [-0.15, -0.1) is 0 Å². The maximum Gasteiger partial charge on any atom is 0.416 e. The summed E-state index contributed by atoms with van der Waals surface area (Å²) in [5.74, 6) is -4.04. The second-order valence-electron chi connectivity index (χ2n) is 9.43.